The maximum atomic E-state index is 11.7. The van der Waals surface area contributed by atoms with Gasteiger partial charge in [-0.2, -0.15) is 4.98 Å². The summed E-state index contributed by atoms with van der Waals surface area (Å²) < 4.78 is 10.5. The topological polar surface area (TPSA) is 65.2 Å². The van der Waals surface area contributed by atoms with E-state index in [4.69, 9.17) is 9.26 Å². The normalized spacial score (nSPS) is 14.3. The van der Waals surface area contributed by atoms with E-state index in [1.807, 2.05) is 25.1 Å². The highest BCUT2D eigenvalue weighted by Gasteiger charge is 2.30. The summed E-state index contributed by atoms with van der Waals surface area (Å²) in [5, 5.41) is 3.94. The third kappa shape index (κ3) is 2.57. The Bertz CT molecular complexity index is 644. The number of aryl methyl sites for hydroxylation is 1. The van der Waals surface area contributed by atoms with Crippen molar-refractivity contribution in [3.63, 3.8) is 0 Å². The van der Waals surface area contributed by atoms with Crippen LogP contribution in [0.4, 0.5) is 0 Å². The van der Waals surface area contributed by atoms with Gasteiger partial charge in [-0.1, -0.05) is 11.2 Å². The third-order valence-corrected chi connectivity index (χ3v) is 3.42. The summed E-state index contributed by atoms with van der Waals surface area (Å²) in [5.41, 5.74) is 1.87. The Morgan fingerprint density at radius 3 is 2.95 bits per heavy atom. The van der Waals surface area contributed by atoms with Crippen LogP contribution < -0.4 is 4.74 Å². The fourth-order valence-corrected chi connectivity index (χ4v) is 2.12. The van der Waals surface area contributed by atoms with Gasteiger partial charge < -0.3 is 9.26 Å². The van der Waals surface area contributed by atoms with E-state index in [-0.39, 0.29) is 18.1 Å². The molecule has 0 spiro atoms. The number of nitrogens with zero attached hydrogens (tertiary/aromatic N) is 2. The lowest BCUT2D eigenvalue weighted by Crippen LogP contribution is -2.04. The van der Waals surface area contributed by atoms with Crippen molar-refractivity contribution < 1.29 is 14.1 Å². The van der Waals surface area contributed by atoms with Crippen molar-refractivity contribution >= 4 is 5.78 Å². The first-order valence-electron chi connectivity index (χ1n) is 6.67. The van der Waals surface area contributed by atoms with E-state index >= 15 is 0 Å². The maximum Gasteiger partial charge on any atom is 0.234 e. The van der Waals surface area contributed by atoms with E-state index in [1.165, 1.54) is 0 Å². The van der Waals surface area contributed by atoms with E-state index in [9.17, 15) is 4.79 Å². The zero-order valence-corrected chi connectivity index (χ0v) is 11.5. The molecule has 0 amide bonds. The molecule has 2 aromatic rings. The molecule has 1 aliphatic rings. The van der Waals surface area contributed by atoms with Crippen LogP contribution in [0.15, 0.2) is 22.7 Å². The summed E-state index contributed by atoms with van der Waals surface area (Å²) in [6.07, 6.45) is 2.21. The van der Waals surface area contributed by atoms with Gasteiger partial charge in [-0.3, -0.25) is 4.79 Å². The minimum Gasteiger partial charge on any atom is -0.496 e. The van der Waals surface area contributed by atoms with Crippen molar-refractivity contribution in [3.05, 3.63) is 29.7 Å². The molecule has 1 saturated carbocycles. The first-order valence-corrected chi connectivity index (χ1v) is 6.67. The van der Waals surface area contributed by atoms with Gasteiger partial charge in [-0.15, -0.1) is 0 Å². The molecule has 5 nitrogen and oxygen atoms in total. The number of rotatable bonds is 5. The third-order valence-electron chi connectivity index (χ3n) is 3.42. The zero-order valence-electron chi connectivity index (χ0n) is 11.5. The molecule has 0 saturated heterocycles. The molecule has 0 N–H and O–H groups in total. The second kappa shape index (κ2) is 5.07. The number of carbonyl (C=O) groups excluding carboxylic acids is 1. The molecule has 1 aliphatic carbocycles. The predicted molar refractivity (Wildman–Crippen MR) is 72.5 cm³/mol. The van der Waals surface area contributed by atoms with Gasteiger partial charge in [0.05, 0.1) is 19.1 Å². The van der Waals surface area contributed by atoms with Crippen molar-refractivity contribution in [3.8, 4) is 17.1 Å². The van der Waals surface area contributed by atoms with Gasteiger partial charge in [0, 0.05) is 5.92 Å². The van der Waals surface area contributed by atoms with Crippen molar-refractivity contribution in [1.82, 2.24) is 10.1 Å². The summed E-state index contributed by atoms with van der Waals surface area (Å²) >= 11 is 0. The van der Waals surface area contributed by atoms with Gasteiger partial charge in [0.2, 0.25) is 11.7 Å². The summed E-state index contributed by atoms with van der Waals surface area (Å²) in [6.45, 7) is 1.99. The molecule has 104 valence electrons. The van der Waals surface area contributed by atoms with Crippen molar-refractivity contribution in [2.24, 2.45) is 5.92 Å². The number of carbonyl (C=O) groups is 1. The van der Waals surface area contributed by atoms with Crippen LogP contribution in [0.2, 0.25) is 0 Å². The average molecular weight is 272 g/mol. The molecule has 0 aliphatic heterocycles. The molecule has 0 atom stereocenters. The minimum absolute atomic E-state index is 0.191. The average Bonchev–Trinajstić information content (AvgIpc) is 3.20. The number of benzene rings is 1. The largest absolute Gasteiger partial charge is 0.496 e. The molecular formula is C15H16N2O3. The molecule has 0 bridgehead atoms. The first kappa shape index (κ1) is 12.8. The van der Waals surface area contributed by atoms with Crippen LogP contribution in [-0.2, 0) is 11.2 Å². The smallest absolute Gasteiger partial charge is 0.234 e. The summed E-state index contributed by atoms with van der Waals surface area (Å²) in [5.74, 6) is 1.93. The zero-order chi connectivity index (χ0) is 14.1. The fourth-order valence-electron chi connectivity index (χ4n) is 2.12. The Balaban J connectivity index is 1.84. The second-order valence-electron chi connectivity index (χ2n) is 5.13. The molecule has 0 unspecified atom stereocenters. The van der Waals surface area contributed by atoms with Crippen LogP contribution in [0.1, 0.15) is 24.3 Å². The number of ether oxygens (including phenoxy) is 1. The van der Waals surface area contributed by atoms with Crippen molar-refractivity contribution in [1.29, 1.82) is 0 Å². The molecule has 1 aromatic carbocycles. The Morgan fingerprint density at radius 2 is 2.25 bits per heavy atom. The Labute approximate surface area is 116 Å². The van der Waals surface area contributed by atoms with Crippen LogP contribution in [0.3, 0.4) is 0 Å². The summed E-state index contributed by atoms with van der Waals surface area (Å²) in [7, 11) is 1.61. The molecule has 1 fully saturated rings. The van der Waals surface area contributed by atoms with E-state index in [0.717, 1.165) is 24.0 Å². The molecular weight excluding hydrogens is 256 g/mol. The number of hydrogen-bond acceptors (Lipinski definition) is 5. The SMILES string of the molecule is COc1cc(C)ccc1-c1noc(CC(=O)C2CC2)n1. The highest BCUT2D eigenvalue weighted by Crippen LogP contribution is 2.32. The summed E-state index contributed by atoms with van der Waals surface area (Å²) in [6, 6.07) is 5.77. The molecule has 5 heteroatoms. The Hall–Kier alpha value is -2.17. The van der Waals surface area contributed by atoms with Gasteiger partial charge in [0.25, 0.3) is 0 Å². The summed E-state index contributed by atoms with van der Waals surface area (Å²) in [4.78, 5) is 16.0. The number of Topliss-reactive ketones (excluding diaryl/α,β-unsaturated/α-hetero) is 1. The molecule has 3 rings (SSSR count). The quantitative estimate of drug-likeness (QED) is 0.837. The molecule has 0 radical (unpaired) electrons. The highest BCUT2D eigenvalue weighted by molar-refractivity contribution is 5.84. The standard InChI is InChI=1S/C15H16N2O3/c1-9-3-6-11(13(7-9)19-2)15-16-14(20-17-15)8-12(18)10-4-5-10/h3,6-7,10H,4-5,8H2,1-2H3. The fraction of sp³-hybridized carbons (Fsp3) is 0.400. The van der Waals surface area contributed by atoms with Crippen LogP contribution in [-0.4, -0.2) is 23.0 Å². The van der Waals surface area contributed by atoms with Crippen LogP contribution in [0.5, 0.6) is 5.75 Å². The van der Waals surface area contributed by atoms with E-state index in [0.29, 0.717) is 17.5 Å². The van der Waals surface area contributed by atoms with Gasteiger partial charge in [0.1, 0.15) is 11.5 Å². The van der Waals surface area contributed by atoms with E-state index in [2.05, 4.69) is 10.1 Å². The van der Waals surface area contributed by atoms with E-state index < -0.39 is 0 Å². The van der Waals surface area contributed by atoms with Crippen LogP contribution in [0.25, 0.3) is 11.4 Å². The molecule has 1 aromatic heterocycles. The number of hydrogen-bond donors (Lipinski definition) is 0. The van der Waals surface area contributed by atoms with Gasteiger partial charge in [-0.05, 0) is 37.5 Å². The lowest BCUT2D eigenvalue weighted by molar-refractivity contribution is -0.119. The van der Waals surface area contributed by atoms with Crippen molar-refractivity contribution in [2.45, 2.75) is 26.2 Å². The lowest BCUT2D eigenvalue weighted by atomic mass is 10.1. The van der Waals surface area contributed by atoms with Gasteiger partial charge in [-0.25, -0.2) is 0 Å². The van der Waals surface area contributed by atoms with Gasteiger partial charge in [0.15, 0.2) is 0 Å². The number of ketones is 1. The monoisotopic (exact) mass is 272 g/mol. The predicted octanol–water partition coefficient (Wildman–Crippen LogP) is 2.58. The van der Waals surface area contributed by atoms with Gasteiger partial charge >= 0.3 is 0 Å². The second-order valence-corrected chi connectivity index (χ2v) is 5.13. The van der Waals surface area contributed by atoms with E-state index in [1.54, 1.807) is 7.11 Å². The Morgan fingerprint density at radius 1 is 1.45 bits per heavy atom. The van der Waals surface area contributed by atoms with Crippen LogP contribution >= 0.6 is 0 Å². The Kier molecular flexibility index (Phi) is 3.26. The van der Waals surface area contributed by atoms with Crippen molar-refractivity contribution in [2.75, 3.05) is 7.11 Å². The van der Waals surface area contributed by atoms with Crippen LogP contribution in [0, 0.1) is 12.8 Å². The minimum atomic E-state index is 0.191. The first-order chi connectivity index (χ1) is 9.67. The number of aromatic nitrogens is 2. The molecule has 1 heterocycles. The maximum absolute atomic E-state index is 11.7. The lowest BCUT2D eigenvalue weighted by Gasteiger charge is -2.05. The molecule has 20 heavy (non-hydrogen) atoms. The number of methoxy groups -OCH3 is 1. The highest BCUT2D eigenvalue weighted by atomic mass is 16.5.